The molecule has 0 spiro atoms. The summed E-state index contributed by atoms with van der Waals surface area (Å²) in [6.45, 7) is 13.5. The Labute approximate surface area is 317 Å². The Hall–Kier alpha value is -2.25. The van der Waals surface area contributed by atoms with Gasteiger partial charge in [0.05, 0.1) is 0 Å². The first-order chi connectivity index (χ1) is 22.4. The SMILES string of the molecule is CC12CC3CC(C)(C1)CC([NH-])(C3)C2.CC1=[C-]C(C)C(C)=C1C.[Zr+2].c1cc[c]([GeH][c]2ccccc2)cc1.c1ccc(-c2ccccc2)cc1. The van der Waals surface area contributed by atoms with Crippen molar-refractivity contribution in [2.24, 2.45) is 22.7 Å². The summed E-state index contributed by atoms with van der Waals surface area (Å²) < 4.78 is 3.05. The smallest absolute Gasteiger partial charge is 0.0184 e. The van der Waals surface area contributed by atoms with Gasteiger partial charge in [-0.05, 0) is 47.1 Å². The summed E-state index contributed by atoms with van der Waals surface area (Å²) in [6, 6.07) is 42.3. The molecule has 0 heterocycles. The summed E-state index contributed by atoms with van der Waals surface area (Å²) >= 11 is -0.392. The molecular formula is C45H54GeNZr. The molecule has 5 aliphatic rings. The van der Waals surface area contributed by atoms with Gasteiger partial charge < -0.3 is 5.73 Å². The molecule has 0 aliphatic heterocycles. The first-order valence-electron chi connectivity index (χ1n) is 17.5. The minimum absolute atomic E-state index is 0. The largest absolute Gasteiger partial charge is 0.0622 e. The van der Waals surface area contributed by atoms with Crippen LogP contribution in [0.3, 0.4) is 0 Å². The maximum Gasteiger partial charge on any atom is -0.0184 e. The number of hydrogen-bond acceptors (Lipinski definition) is 0. The van der Waals surface area contributed by atoms with Crippen molar-refractivity contribution in [1.29, 1.82) is 0 Å². The molecule has 3 unspecified atom stereocenters. The third-order valence-corrected chi connectivity index (χ3v) is 13.7. The van der Waals surface area contributed by atoms with Crippen LogP contribution in [-0.2, 0) is 26.2 Å². The summed E-state index contributed by atoms with van der Waals surface area (Å²) in [4.78, 5) is 0. The summed E-state index contributed by atoms with van der Waals surface area (Å²) in [6.07, 6.45) is 11.2. The maximum absolute atomic E-state index is 8.46. The molecule has 0 amide bonds. The third-order valence-electron chi connectivity index (χ3n) is 10.7. The Kier molecular flexibility index (Phi) is 13.7. The van der Waals surface area contributed by atoms with Crippen molar-refractivity contribution in [2.75, 3.05) is 0 Å². The van der Waals surface area contributed by atoms with E-state index in [0.717, 1.165) is 5.92 Å². The minimum atomic E-state index is -0.392. The van der Waals surface area contributed by atoms with E-state index >= 15 is 0 Å². The van der Waals surface area contributed by atoms with Crippen LogP contribution >= 0.6 is 0 Å². The second-order valence-corrected chi connectivity index (χ2v) is 18.8. The van der Waals surface area contributed by atoms with Gasteiger partial charge in [-0.15, -0.1) is 12.5 Å². The topological polar surface area (TPSA) is 23.8 Å². The van der Waals surface area contributed by atoms with Gasteiger partial charge in [0.2, 0.25) is 0 Å². The van der Waals surface area contributed by atoms with Gasteiger partial charge in [0.1, 0.15) is 0 Å². The molecule has 1 radical (unpaired) electrons. The molecule has 0 aromatic heterocycles. The van der Waals surface area contributed by atoms with Crippen LogP contribution in [-0.4, -0.2) is 21.0 Å². The van der Waals surface area contributed by atoms with Crippen LogP contribution in [0.2, 0.25) is 0 Å². The Bertz CT molecular complexity index is 1500. The van der Waals surface area contributed by atoms with Crippen molar-refractivity contribution in [3.63, 3.8) is 0 Å². The van der Waals surface area contributed by atoms with Crippen molar-refractivity contribution in [3.05, 3.63) is 150 Å². The monoisotopic (exact) mass is 772 g/mol. The average Bonchev–Trinajstić information content (AvgIpc) is 3.26. The van der Waals surface area contributed by atoms with Crippen LogP contribution < -0.4 is 8.79 Å². The first-order valence-corrected chi connectivity index (χ1v) is 20.0. The fourth-order valence-electron chi connectivity index (χ4n) is 9.16. The zero-order valence-corrected chi connectivity index (χ0v) is 34.9. The van der Waals surface area contributed by atoms with E-state index in [4.69, 9.17) is 5.73 Å². The van der Waals surface area contributed by atoms with Crippen molar-refractivity contribution >= 4 is 24.2 Å². The fourth-order valence-corrected chi connectivity index (χ4v) is 11.7. The minimum Gasteiger partial charge on any atom is -0.0622 e. The first kappa shape index (κ1) is 38.5. The number of nitrogens with one attached hydrogen (secondary N) is 1. The molecule has 0 saturated heterocycles. The van der Waals surface area contributed by atoms with E-state index in [9.17, 15) is 0 Å². The van der Waals surface area contributed by atoms with Crippen molar-refractivity contribution in [2.45, 2.75) is 85.6 Å². The maximum atomic E-state index is 8.46. The van der Waals surface area contributed by atoms with Crippen LogP contribution in [0, 0.1) is 28.7 Å². The second-order valence-electron chi connectivity index (χ2n) is 15.4. The van der Waals surface area contributed by atoms with Crippen LogP contribution in [0.15, 0.2) is 138 Å². The molecule has 5 aliphatic carbocycles. The Morgan fingerprint density at radius 1 is 0.604 bits per heavy atom. The number of rotatable bonds is 3. The molecule has 3 heteroatoms. The molecule has 3 atom stereocenters. The van der Waals surface area contributed by atoms with E-state index in [1.165, 1.54) is 75.2 Å². The molecule has 4 aromatic carbocycles. The van der Waals surface area contributed by atoms with Gasteiger partial charge in [-0.25, -0.2) is 5.57 Å². The van der Waals surface area contributed by atoms with E-state index in [-0.39, 0.29) is 31.7 Å². The van der Waals surface area contributed by atoms with E-state index < -0.39 is 15.4 Å². The molecule has 48 heavy (non-hydrogen) atoms. The van der Waals surface area contributed by atoms with Gasteiger partial charge >= 0.3 is 111 Å². The van der Waals surface area contributed by atoms with Gasteiger partial charge in [-0.3, -0.25) is 6.08 Å². The van der Waals surface area contributed by atoms with Gasteiger partial charge in [0, 0.05) is 0 Å². The average molecular weight is 773 g/mol. The predicted octanol–water partition coefficient (Wildman–Crippen LogP) is 10.9. The van der Waals surface area contributed by atoms with Gasteiger partial charge in [0.25, 0.3) is 0 Å². The predicted molar refractivity (Wildman–Crippen MR) is 206 cm³/mol. The number of allylic oxidation sites excluding steroid dienone is 4. The molecule has 1 nitrogen and oxygen atoms in total. The van der Waals surface area contributed by atoms with Gasteiger partial charge in [-0.2, -0.15) is 11.1 Å². The zero-order valence-electron chi connectivity index (χ0n) is 30.0. The third kappa shape index (κ3) is 10.6. The zero-order chi connectivity index (χ0) is 33.5. The van der Waals surface area contributed by atoms with E-state index in [2.05, 4.69) is 157 Å². The summed E-state index contributed by atoms with van der Waals surface area (Å²) in [5.74, 6) is 1.45. The molecule has 4 aromatic rings. The molecule has 1 N–H and O–H groups in total. The Morgan fingerprint density at radius 2 is 1.00 bits per heavy atom. The van der Waals surface area contributed by atoms with Crippen molar-refractivity contribution < 1.29 is 26.2 Å². The van der Waals surface area contributed by atoms with Crippen LogP contribution in [0.1, 0.15) is 80.1 Å². The quantitative estimate of drug-likeness (QED) is 0.146. The standard InChI is InChI=1S/C12H11Ge.C12H20N.C12H10.C9H13.Zr/c1-3-7-11(8-4-1)13-12-9-5-2-6-10-12;1-10-3-9-4-11(2,6-10)8-12(13,5-9)7-10;1-3-7-11(8-4-1)12-9-5-2-6-10-12;1-6-5-7(2)9(4)8(6)3;/h1-10,13H;9,13H,3-8H2,1-2H3;1-10H;6H,1-4H3;/q;-1;;-1;+2. The summed E-state index contributed by atoms with van der Waals surface area (Å²) in [5, 5.41) is 0. The molecule has 247 valence electrons. The molecule has 4 saturated carbocycles. The van der Waals surface area contributed by atoms with Crippen LogP contribution in [0.25, 0.3) is 16.9 Å². The van der Waals surface area contributed by atoms with Crippen molar-refractivity contribution in [3.8, 4) is 11.1 Å². The summed E-state index contributed by atoms with van der Waals surface area (Å²) in [7, 11) is 0. The molecule has 9 rings (SSSR count). The number of hydrogen-bond donors (Lipinski definition) is 0. The van der Waals surface area contributed by atoms with Gasteiger partial charge in [-0.1, -0.05) is 120 Å². The van der Waals surface area contributed by atoms with Crippen LogP contribution in [0.5, 0.6) is 0 Å². The van der Waals surface area contributed by atoms with Crippen LogP contribution in [0.4, 0.5) is 0 Å². The van der Waals surface area contributed by atoms with E-state index in [0.29, 0.717) is 16.7 Å². The number of benzene rings is 4. The van der Waals surface area contributed by atoms with E-state index in [1.54, 1.807) is 0 Å². The Balaban J connectivity index is 0.000000145. The normalized spacial score (nSPS) is 27.6. The summed E-state index contributed by atoms with van der Waals surface area (Å²) in [5.41, 5.74) is 16.3. The van der Waals surface area contributed by atoms with E-state index in [1.807, 2.05) is 12.1 Å². The van der Waals surface area contributed by atoms with Crippen molar-refractivity contribution in [1.82, 2.24) is 0 Å². The molecular weight excluding hydrogens is 718 g/mol. The Morgan fingerprint density at radius 3 is 1.29 bits per heavy atom. The molecule has 4 bridgehead atoms. The van der Waals surface area contributed by atoms with Gasteiger partial charge in [0.15, 0.2) is 0 Å². The molecule has 4 fully saturated rings. The second kappa shape index (κ2) is 17.1. The fraction of sp³-hybridized carbons (Fsp3) is 0.378.